The molecule has 2 aromatic carbocycles. The molecule has 0 bridgehead atoms. The van der Waals surface area contributed by atoms with Crippen LogP contribution in [0.15, 0.2) is 48.5 Å². The number of likely N-dealkylation sites (tertiary alicyclic amines) is 1. The molecule has 0 spiro atoms. The Morgan fingerprint density at radius 3 is 2.61 bits per heavy atom. The number of ether oxygens (including phenoxy) is 1. The fourth-order valence-corrected chi connectivity index (χ4v) is 4.13. The van der Waals surface area contributed by atoms with Crippen LogP contribution in [0.1, 0.15) is 34.3 Å². The van der Waals surface area contributed by atoms with Crippen LogP contribution in [0.5, 0.6) is 5.75 Å². The number of carboxylic acids is 1. The third-order valence-corrected chi connectivity index (χ3v) is 5.77. The molecule has 2 fully saturated rings. The Labute approximate surface area is 164 Å². The van der Waals surface area contributed by atoms with Gasteiger partial charge in [0, 0.05) is 18.7 Å². The summed E-state index contributed by atoms with van der Waals surface area (Å²) in [6.07, 6.45) is 2.16. The van der Waals surface area contributed by atoms with Crippen LogP contribution in [0.2, 0.25) is 0 Å². The van der Waals surface area contributed by atoms with Gasteiger partial charge in [0.2, 0.25) is 0 Å². The van der Waals surface area contributed by atoms with Crippen LogP contribution in [-0.4, -0.2) is 35.0 Å². The number of carboxylic acid groups (broad SMARTS) is 1. The molecule has 2 aliphatic rings. The van der Waals surface area contributed by atoms with Crippen LogP contribution in [0.4, 0.5) is 0 Å². The molecule has 1 aliphatic heterocycles. The number of hydrogen-bond acceptors (Lipinski definition) is 3. The number of nitrogens with zero attached hydrogens (tertiary/aromatic N) is 1. The first-order valence-corrected chi connectivity index (χ1v) is 9.82. The van der Waals surface area contributed by atoms with E-state index in [9.17, 15) is 14.7 Å². The zero-order valence-corrected chi connectivity index (χ0v) is 16.0. The molecular weight excluding hydrogens is 354 g/mol. The molecule has 1 amide bonds. The first kappa shape index (κ1) is 18.5. The summed E-state index contributed by atoms with van der Waals surface area (Å²) in [7, 11) is 0. The van der Waals surface area contributed by atoms with Crippen LogP contribution in [0, 0.1) is 24.7 Å². The van der Waals surface area contributed by atoms with Crippen LogP contribution in [-0.2, 0) is 11.4 Å². The highest BCUT2D eigenvalue weighted by molar-refractivity contribution is 5.95. The summed E-state index contributed by atoms with van der Waals surface area (Å²) in [6.45, 7) is 3.31. The number of hydrogen-bond donors (Lipinski definition) is 1. The van der Waals surface area contributed by atoms with Gasteiger partial charge in [0.05, 0.1) is 5.92 Å². The summed E-state index contributed by atoms with van der Waals surface area (Å²) >= 11 is 0. The number of benzene rings is 2. The van der Waals surface area contributed by atoms with Crippen molar-refractivity contribution in [3.8, 4) is 5.75 Å². The molecule has 28 heavy (non-hydrogen) atoms. The highest BCUT2D eigenvalue weighted by Crippen LogP contribution is 2.44. The van der Waals surface area contributed by atoms with E-state index >= 15 is 0 Å². The van der Waals surface area contributed by atoms with Crippen LogP contribution >= 0.6 is 0 Å². The van der Waals surface area contributed by atoms with Crippen molar-refractivity contribution in [2.45, 2.75) is 26.4 Å². The molecule has 5 nitrogen and oxygen atoms in total. The zero-order valence-electron chi connectivity index (χ0n) is 16.0. The molecule has 0 unspecified atom stereocenters. The second-order valence-electron chi connectivity index (χ2n) is 7.96. The van der Waals surface area contributed by atoms with Crippen molar-refractivity contribution in [1.82, 2.24) is 4.90 Å². The third kappa shape index (κ3) is 4.03. The SMILES string of the molecule is Cc1cccc(COc2cccc(C(=O)N3C[C@H](C(=O)O)[C@@H](C4CC4)C3)c2)c1. The Morgan fingerprint density at radius 1 is 1.11 bits per heavy atom. The first-order valence-electron chi connectivity index (χ1n) is 9.82. The van der Waals surface area contributed by atoms with Gasteiger partial charge in [-0.05, 0) is 55.4 Å². The Balaban J connectivity index is 1.43. The second-order valence-corrected chi connectivity index (χ2v) is 7.96. The summed E-state index contributed by atoms with van der Waals surface area (Å²) in [5, 5.41) is 9.51. The van der Waals surface area contributed by atoms with Gasteiger partial charge < -0.3 is 14.7 Å². The van der Waals surface area contributed by atoms with Gasteiger partial charge >= 0.3 is 5.97 Å². The van der Waals surface area contributed by atoms with Gasteiger partial charge in [0.1, 0.15) is 12.4 Å². The Kier molecular flexibility index (Phi) is 5.07. The van der Waals surface area contributed by atoms with Gasteiger partial charge in [0.15, 0.2) is 0 Å². The number of amides is 1. The van der Waals surface area contributed by atoms with E-state index in [2.05, 4.69) is 6.07 Å². The quantitative estimate of drug-likeness (QED) is 0.830. The summed E-state index contributed by atoms with van der Waals surface area (Å²) < 4.78 is 5.86. The van der Waals surface area contributed by atoms with Crippen LogP contribution in [0.25, 0.3) is 0 Å². The Hall–Kier alpha value is -2.82. The van der Waals surface area contributed by atoms with Crippen molar-refractivity contribution in [3.63, 3.8) is 0 Å². The normalized spacial score (nSPS) is 21.5. The Bertz CT molecular complexity index is 890. The van der Waals surface area contributed by atoms with Crippen molar-refractivity contribution in [2.75, 3.05) is 13.1 Å². The highest BCUT2D eigenvalue weighted by atomic mass is 16.5. The van der Waals surface area contributed by atoms with E-state index in [0.29, 0.717) is 36.9 Å². The van der Waals surface area contributed by atoms with Crippen molar-refractivity contribution in [2.24, 2.45) is 17.8 Å². The zero-order chi connectivity index (χ0) is 19.7. The van der Waals surface area contributed by atoms with Crippen LogP contribution < -0.4 is 4.74 Å². The van der Waals surface area contributed by atoms with Crippen molar-refractivity contribution >= 4 is 11.9 Å². The summed E-state index contributed by atoms with van der Waals surface area (Å²) in [6, 6.07) is 15.3. The largest absolute Gasteiger partial charge is 0.489 e. The topological polar surface area (TPSA) is 66.8 Å². The lowest BCUT2D eigenvalue weighted by atomic mass is 9.92. The van der Waals surface area contributed by atoms with Gasteiger partial charge in [-0.1, -0.05) is 35.9 Å². The van der Waals surface area contributed by atoms with Gasteiger partial charge in [-0.3, -0.25) is 9.59 Å². The molecule has 5 heteroatoms. The van der Waals surface area contributed by atoms with Gasteiger partial charge in [-0.25, -0.2) is 0 Å². The third-order valence-electron chi connectivity index (χ3n) is 5.77. The predicted octanol–water partition coefficient (Wildman–Crippen LogP) is 3.76. The molecule has 1 aliphatic carbocycles. The van der Waals surface area contributed by atoms with E-state index in [-0.39, 0.29) is 11.8 Å². The minimum atomic E-state index is -0.789. The van der Waals surface area contributed by atoms with Gasteiger partial charge in [-0.15, -0.1) is 0 Å². The minimum absolute atomic E-state index is 0.0854. The maximum atomic E-state index is 13.0. The molecule has 0 radical (unpaired) electrons. The molecule has 1 saturated carbocycles. The lowest BCUT2D eigenvalue weighted by Gasteiger charge is -2.17. The van der Waals surface area contributed by atoms with Crippen LogP contribution in [0.3, 0.4) is 0 Å². The summed E-state index contributed by atoms with van der Waals surface area (Å²) in [5.41, 5.74) is 2.80. The molecule has 146 valence electrons. The molecule has 1 saturated heterocycles. The van der Waals surface area contributed by atoms with Crippen molar-refractivity contribution in [1.29, 1.82) is 0 Å². The van der Waals surface area contributed by atoms with Crippen molar-refractivity contribution < 1.29 is 19.4 Å². The number of aryl methyl sites for hydroxylation is 1. The maximum Gasteiger partial charge on any atom is 0.308 e. The fourth-order valence-electron chi connectivity index (χ4n) is 4.13. The number of aliphatic carboxylic acids is 1. The van der Waals surface area contributed by atoms with E-state index < -0.39 is 11.9 Å². The maximum absolute atomic E-state index is 13.0. The smallest absolute Gasteiger partial charge is 0.308 e. The monoisotopic (exact) mass is 379 g/mol. The average Bonchev–Trinajstić information content (AvgIpc) is 3.44. The van der Waals surface area contributed by atoms with E-state index in [0.717, 1.165) is 18.4 Å². The fraction of sp³-hybridized carbons (Fsp3) is 0.391. The summed E-state index contributed by atoms with van der Waals surface area (Å²) in [5.74, 6) is -0.166. The average molecular weight is 379 g/mol. The highest BCUT2D eigenvalue weighted by Gasteiger charge is 2.46. The molecule has 1 N–H and O–H groups in total. The minimum Gasteiger partial charge on any atom is -0.489 e. The number of carbonyl (C=O) groups excluding carboxylic acids is 1. The Morgan fingerprint density at radius 2 is 1.89 bits per heavy atom. The molecule has 0 aromatic heterocycles. The second kappa shape index (κ2) is 7.66. The summed E-state index contributed by atoms with van der Waals surface area (Å²) in [4.78, 5) is 26.2. The van der Waals surface area contributed by atoms with E-state index in [1.807, 2.05) is 37.3 Å². The van der Waals surface area contributed by atoms with Gasteiger partial charge in [-0.2, -0.15) is 0 Å². The first-order chi connectivity index (χ1) is 13.5. The van der Waals surface area contributed by atoms with Crippen molar-refractivity contribution in [3.05, 3.63) is 65.2 Å². The van der Waals surface area contributed by atoms with E-state index in [1.54, 1.807) is 17.0 Å². The molecular formula is C23H25NO4. The van der Waals surface area contributed by atoms with E-state index in [1.165, 1.54) is 5.56 Å². The standard InChI is InChI=1S/C23H25NO4/c1-15-4-2-5-16(10-15)14-28-19-7-3-6-18(11-19)22(25)24-12-20(17-8-9-17)21(13-24)23(26)27/h2-7,10-11,17,20-21H,8-9,12-14H2,1H3,(H,26,27)/t20-,21+/m1/s1. The lowest BCUT2D eigenvalue weighted by Crippen LogP contribution is -2.29. The number of rotatable bonds is 6. The van der Waals surface area contributed by atoms with Gasteiger partial charge in [0.25, 0.3) is 5.91 Å². The molecule has 1 heterocycles. The lowest BCUT2D eigenvalue weighted by molar-refractivity contribution is -0.142. The van der Waals surface area contributed by atoms with E-state index in [4.69, 9.17) is 4.74 Å². The number of carbonyl (C=O) groups is 2. The molecule has 2 aromatic rings. The molecule has 4 rings (SSSR count). The molecule has 2 atom stereocenters. The predicted molar refractivity (Wildman–Crippen MR) is 105 cm³/mol.